The van der Waals surface area contributed by atoms with E-state index < -0.39 is 10.0 Å². The van der Waals surface area contributed by atoms with Crippen molar-refractivity contribution in [2.75, 3.05) is 16.7 Å². The van der Waals surface area contributed by atoms with Crippen molar-refractivity contribution in [2.24, 2.45) is 0 Å². The van der Waals surface area contributed by atoms with E-state index in [0.717, 1.165) is 21.2 Å². The molecule has 7 nitrogen and oxygen atoms in total. The predicted octanol–water partition coefficient (Wildman–Crippen LogP) is 3.58. The van der Waals surface area contributed by atoms with Gasteiger partial charge in [-0.15, -0.1) is 10.2 Å². The number of halogens is 1. The Hall–Kier alpha value is -2.49. The molecule has 10 heteroatoms. The van der Waals surface area contributed by atoms with Crippen molar-refractivity contribution in [1.82, 2.24) is 10.2 Å². The zero-order chi connectivity index (χ0) is 19.6. The first-order valence-corrected chi connectivity index (χ1v) is 10.4. The summed E-state index contributed by atoms with van der Waals surface area (Å²) in [6, 6.07) is 13.4. The van der Waals surface area contributed by atoms with Crippen molar-refractivity contribution in [1.29, 1.82) is 0 Å². The van der Waals surface area contributed by atoms with Crippen LogP contribution in [0.3, 0.4) is 0 Å². The fourth-order valence-electron chi connectivity index (χ4n) is 2.23. The first-order valence-electron chi connectivity index (χ1n) is 7.73. The van der Waals surface area contributed by atoms with Crippen molar-refractivity contribution in [3.63, 3.8) is 0 Å². The van der Waals surface area contributed by atoms with Gasteiger partial charge in [-0.1, -0.05) is 40.6 Å². The number of rotatable bonds is 5. The SMILES string of the molecule is Cc1cccc(C(=O)Nc2nnc(S(=O)(=O)N(C)c3ccc(Cl)cc3)s2)c1. The number of hydrogen-bond donors (Lipinski definition) is 1. The van der Waals surface area contributed by atoms with E-state index >= 15 is 0 Å². The molecule has 140 valence electrons. The third-order valence-electron chi connectivity index (χ3n) is 3.68. The van der Waals surface area contributed by atoms with Gasteiger partial charge in [0.15, 0.2) is 0 Å². The average molecular weight is 423 g/mol. The Bertz CT molecular complexity index is 1080. The summed E-state index contributed by atoms with van der Waals surface area (Å²) in [5.41, 5.74) is 1.82. The molecule has 0 bridgehead atoms. The van der Waals surface area contributed by atoms with Crippen LogP contribution in [0.4, 0.5) is 10.8 Å². The minimum atomic E-state index is -3.91. The number of amides is 1. The highest BCUT2D eigenvalue weighted by Crippen LogP contribution is 2.27. The Kier molecular flexibility index (Phi) is 5.45. The number of aromatic nitrogens is 2. The first-order chi connectivity index (χ1) is 12.8. The highest BCUT2D eigenvalue weighted by molar-refractivity contribution is 7.94. The maximum atomic E-state index is 12.7. The summed E-state index contributed by atoms with van der Waals surface area (Å²) in [5, 5.41) is 10.7. The summed E-state index contributed by atoms with van der Waals surface area (Å²) in [5.74, 6) is -0.384. The normalized spacial score (nSPS) is 11.2. The smallest absolute Gasteiger partial charge is 0.293 e. The molecule has 1 N–H and O–H groups in total. The second-order valence-corrected chi connectivity index (χ2v) is 9.20. The lowest BCUT2D eigenvalue weighted by Gasteiger charge is -2.17. The molecule has 3 aromatic rings. The van der Waals surface area contributed by atoms with Gasteiger partial charge in [0, 0.05) is 17.6 Å². The van der Waals surface area contributed by atoms with Crippen LogP contribution in [0, 0.1) is 6.92 Å². The molecule has 0 spiro atoms. The second kappa shape index (κ2) is 7.63. The molecule has 0 atom stereocenters. The highest BCUT2D eigenvalue weighted by atomic mass is 35.5. The highest BCUT2D eigenvalue weighted by Gasteiger charge is 2.26. The van der Waals surface area contributed by atoms with E-state index in [0.29, 0.717) is 16.3 Å². The van der Waals surface area contributed by atoms with Crippen LogP contribution in [0.15, 0.2) is 52.9 Å². The summed E-state index contributed by atoms with van der Waals surface area (Å²) in [4.78, 5) is 12.3. The minimum Gasteiger partial charge on any atom is -0.296 e. The van der Waals surface area contributed by atoms with Crippen molar-refractivity contribution in [3.05, 3.63) is 64.7 Å². The molecule has 1 aromatic heterocycles. The number of aryl methyl sites for hydroxylation is 1. The number of benzene rings is 2. The topological polar surface area (TPSA) is 92.3 Å². The zero-order valence-electron chi connectivity index (χ0n) is 14.4. The van der Waals surface area contributed by atoms with Crippen LogP contribution in [0.25, 0.3) is 0 Å². The molecule has 0 unspecified atom stereocenters. The van der Waals surface area contributed by atoms with Crippen molar-refractivity contribution in [2.45, 2.75) is 11.3 Å². The quantitative estimate of drug-likeness (QED) is 0.634. The maximum absolute atomic E-state index is 12.7. The molecular formula is C17H15ClN4O3S2. The molecule has 2 aromatic carbocycles. The Balaban J connectivity index is 1.79. The number of sulfonamides is 1. The van der Waals surface area contributed by atoms with Gasteiger partial charge in [0.2, 0.25) is 5.13 Å². The Labute approximate surface area is 165 Å². The molecule has 1 heterocycles. The summed E-state index contributed by atoms with van der Waals surface area (Å²) >= 11 is 6.61. The summed E-state index contributed by atoms with van der Waals surface area (Å²) in [7, 11) is -2.50. The van der Waals surface area contributed by atoms with Gasteiger partial charge in [-0.2, -0.15) is 8.42 Å². The average Bonchev–Trinajstić information content (AvgIpc) is 3.11. The fraction of sp³-hybridized carbons (Fsp3) is 0.118. The lowest BCUT2D eigenvalue weighted by molar-refractivity contribution is 0.102. The van der Waals surface area contributed by atoms with Crippen molar-refractivity contribution in [3.8, 4) is 0 Å². The van der Waals surface area contributed by atoms with Crippen molar-refractivity contribution >= 4 is 49.7 Å². The van der Waals surface area contributed by atoms with E-state index in [4.69, 9.17) is 11.6 Å². The molecule has 0 saturated carbocycles. The lowest BCUT2D eigenvalue weighted by Crippen LogP contribution is -2.26. The third kappa shape index (κ3) is 4.26. The van der Waals surface area contributed by atoms with Gasteiger partial charge in [0.1, 0.15) is 0 Å². The third-order valence-corrected chi connectivity index (χ3v) is 6.90. The number of carbonyl (C=O) groups excluding carboxylic acids is 1. The standard InChI is InChI=1S/C17H15ClN4O3S2/c1-11-4-3-5-12(10-11)15(23)19-16-20-21-17(26-16)27(24,25)22(2)14-8-6-13(18)7-9-14/h3-10H,1-2H3,(H,19,20,23). The van der Waals surface area contributed by atoms with Crippen LogP contribution in [0.5, 0.6) is 0 Å². The predicted molar refractivity (Wildman–Crippen MR) is 106 cm³/mol. The van der Waals surface area contributed by atoms with E-state index in [9.17, 15) is 13.2 Å². The number of anilines is 2. The summed E-state index contributed by atoms with van der Waals surface area (Å²) in [6.07, 6.45) is 0. The van der Waals surface area contributed by atoms with Gasteiger partial charge in [-0.25, -0.2) is 0 Å². The molecule has 0 aliphatic heterocycles. The van der Waals surface area contributed by atoms with Crippen LogP contribution in [0.1, 0.15) is 15.9 Å². The van der Waals surface area contributed by atoms with Gasteiger partial charge in [0.25, 0.3) is 20.3 Å². The van der Waals surface area contributed by atoms with E-state index in [1.807, 2.05) is 13.0 Å². The molecule has 1 amide bonds. The van der Waals surface area contributed by atoms with Gasteiger partial charge < -0.3 is 0 Å². The molecule has 0 saturated heterocycles. The summed E-state index contributed by atoms with van der Waals surface area (Å²) < 4.78 is 26.3. The molecule has 27 heavy (non-hydrogen) atoms. The largest absolute Gasteiger partial charge is 0.296 e. The number of hydrogen-bond acceptors (Lipinski definition) is 6. The van der Waals surface area contributed by atoms with Gasteiger partial charge in [-0.3, -0.25) is 14.4 Å². The van der Waals surface area contributed by atoms with Crippen LogP contribution in [-0.4, -0.2) is 31.6 Å². The Morgan fingerprint density at radius 2 is 1.85 bits per heavy atom. The maximum Gasteiger partial charge on any atom is 0.293 e. The fourth-order valence-corrected chi connectivity index (χ4v) is 4.60. The van der Waals surface area contributed by atoms with Crippen LogP contribution < -0.4 is 9.62 Å². The van der Waals surface area contributed by atoms with Gasteiger partial charge in [0.05, 0.1) is 5.69 Å². The Morgan fingerprint density at radius 1 is 1.15 bits per heavy atom. The molecule has 3 rings (SSSR count). The second-order valence-electron chi connectivity index (χ2n) is 5.65. The van der Waals surface area contributed by atoms with Gasteiger partial charge >= 0.3 is 0 Å². The molecular weight excluding hydrogens is 408 g/mol. The number of carbonyl (C=O) groups is 1. The van der Waals surface area contributed by atoms with E-state index in [-0.39, 0.29) is 15.4 Å². The van der Waals surface area contributed by atoms with Crippen LogP contribution in [-0.2, 0) is 10.0 Å². The number of nitrogens with zero attached hydrogens (tertiary/aromatic N) is 3. The lowest BCUT2D eigenvalue weighted by atomic mass is 10.1. The monoisotopic (exact) mass is 422 g/mol. The van der Waals surface area contributed by atoms with Crippen molar-refractivity contribution < 1.29 is 13.2 Å². The minimum absolute atomic E-state index is 0.101. The zero-order valence-corrected chi connectivity index (χ0v) is 16.8. The Morgan fingerprint density at radius 3 is 2.52 bits per heavy atom. The van der Waals surface area contributed by atoms with E-state index in [2.05, 4.69) is 15.5 Å². The van der Waals surface area contributed by atoms with E-state index in [1.54, 1.807) is 42.5 Å². The molecule has 0 radical (unpaired) electrons. The first kappa shape index (κ1) is 19.3. The van der Waals surface area contributed by atoms with Crippen LogP contribution in [0.2, 0.25) is 5.02 Å². The molecule has 0 aliphatic rings. The summed E-state index contributed by atoms with van der Waals surface area (Å²) in [6.45, 7) is 1.87. The number of nitrogens with one attached hydrogen (secondary N) is 1. The van der Waals surface area contributed by atoms with Crippen LogP contribution >= 0.6 is 22.9 Å². The van der Waals surface area contributed by atoms with E-state index in [1.165, 1.54) is 7.05 Å². The molecule has 0 fully saturated rings. The van der Waals surface area contributed by atoms with Gasteiger partial charge in [-0.05, 0) is 43.3 Å². The molecule has 0 aliphatic carbocycles.